The van der Waals surface area contributed by atoms with Gasteiger partial charge in [-0.3, -0.25) is 9.52 Å². The van der Waals surface area contributed by atoms with Crippen LogP contribution in [0.5, 0.6) is 5.75 Å². The molecule has 0 spiro atoms. The van der Waals surface area contributed by atoms with E-state index in [0.717, 1.165) is 6.42 Å². The van der Waals surface area contributed by atoms with Crippen molar-refractivity contribution in [3.63, 3.8) is 0 Å². The molecule has 0 radical (unpaired) electrons. The second kappa shape index (κ2) is 8.85. The van der Waals surface area contributed by atoms with Crippen LogP contribution < -0.4 is 14.8 Å². The summed E-state index contributed by atoms with van der Waals surface area (Å²) >= 11 is 1.19. The fourth-order valence-corrected chi connectivity index (χ4v) is 4.10. The first kappa shape index (κ1) is 19.8. The monoisotopic (exact) mass is 417 g/mol. The van der Waals surface area contributed by atoms with Crippen molar-refractivity contribution >= 4 is 38.1 Å². The van der Waals surface area contributed by atoms with Crippen LogP contribution in [0.25, 0.3) is 0 Å². The van der Waals surface area contributed by atoms with Crippen molar-refractivity contribution in [1.29, 1.82) is 0 Å². The molecule has 0 aliphatic carbocycles. The van der Waals surface area contributed by atoms with Gasteiger partial charge in [-0.2, -0.15) is 0 Å². The molecular formula is C19H19N3O4S2. The van der Waals surface area contributed by atoms with E-state index in [-0.39, 0.29) is 10.8 Å². The molecule has 0 saturated carbocycles. The van der Waals surface area contributed by atoms with Crippen LogP contribution in [0.1, 0.15) is 23.7 Å². The van der Waals surface area contributed by atoms with E-state index in [9.17, 15) is 13.2 Å². The molecule has 1 heterocycles. The highest BCUT2D eigenvalue weighted by Gasteiger charge is 2.15. The number of ether oxygens (including phenoxy) is 1. The highest BCUT2D eigenvalue weighted by molar-refractivity contribution is 7.93. The Morgan fingerprint density at radius 3 is 2.64 bits per heavy atom. The molecule has 7 nitrogen and oxygen atoms in total. The molecule has 0 atom stereocenters. The van der Waals surface area contributed by atoms with E-state index in [1.54, 1.807) is 29.6 Å². The summed E-state index contributed by atoms with van der Waals surface area (Å²) in [5, 5.41) is 4.72. The van der Waals surface area contributed by atoms with Crippen LogP contribution >= 0.6 is 11.3 Å². The predicted molar refractivity (Wildman–Crippen MR) is 110 cm³/mol. The Balaban J connectivity index is 1.68. The molecule has 3 rings (SSSR count). The zero-order valence-electron chi connectivity index (χ0n) is 15.1. The Bertz CT molecular complexity index is 1030. The minimum atomic E-state index is -3.73. The number of nitrogens with zero attached hydrogens (tertiary/aromatic N) is 1. The fraction of sp³-hybridized carbons (Fsp3) is 0.158. The SMILES string of the molecule is CCCOc1cccc(C(=O)Nc2ccc(S(=O)(=O)Nc3nccs3)cc2)c1. The van der Waals surface area contributed by atoms with Gasteiger partial charge >= 0.3 is 0 Å². The molecule has 28 heavy (non-hydrogen) atoms. The van der Waals surface area contributed by atoms with Crippen LogP contribution in [0.4, 0.5) is 10.8 Å². The number of carbonyl (C=O) groups excluding carboxylic acids is 1. The largest absolute Gasteiger partial charge is 0.494 e. The average molecular weight is 418 g/mol. The first-order chi connectivity index (χ1) is 13.5. The minimum absolute atomic E-state index is 0.0793. The van der Waals surface area contributed by atoms with Crippen molar-refractivity contribution in [3.8, 4) is 5.75 Å². The van der Waals surface area contributed by atoms with E-state index in [1.807, 2.05) is 6.92 Å². The van der Waals surface area contributed by atoms with Gasteiger partial charge in [-0.05, 0) is 48.9 Å². The van der Waals surface area contributed by atoms with Crippen LogP contribution in [0.15, 0.2) is 65.0 Å². The Kier molecular flexibility index (Phi) is 6.27. The molecule has 0 aliphatic heterocycles. The van der Waals surface area contributed by atoms with Crippen molar-refractivity contribution in [1.82, 2.24) is 4.98 Å². The van der Waals surface area contributed by atoms with Gasteiger partial charge in [0, 0.05) is 22.8 Å². The maximum absolute atomic E-state index is 12.4. The topological polar surface area (TPSA) is 97.4 Å². The van der Waals surface area contributed by atoms with Crippen molar-refractivity contribution in [3.05, 3.63) is 65.7 Å². The number of carbonyl (C=O) groups is 1. The zero-order valence-corrected chi connectivity index (χ0v) is 16.7. The number of nitrogens with one attached hydrogen (secondary N) is 2. The van der Waals surface area contributed by atoms with Crippen LogP contribution in [0.3, 0.4) is 0 Å². The Morgan fingerprint density at radius 2 is 1.96 bits per heavy atom. The lowest BCUT2D eigenvalue weighted by Crippen LogP contribution is -2.14. The number of anilines is 2. The molecule has 0 aliphatic rings. The molecule has 3 aromatic rings. The standard InChI is InChI=1S/C19H19N3O4S2/c1-2-11-26-16-5-3-4-14(13-16)18(23)21-15-6-8-17(9-7-15)28(24,25)22-19-20-10-12-27-19/h3-10,12-13H,2,11H2,1H3,(H,20,22)(H,21,23). The smallest absolute Gasteiger partial charge is 0.263 e. The maximum atomic E-state index is 12.4. The molecule has 1 aromatic heterocycles. The summed E-state index contributed by atoms with van der Waals surface area (Å²) in [5.41, 5.74) is 0.939. The van der Waals surface area contributed by atoms with Gasteiger partial charge in [0.1, 0.15) is 5.75 Å². The van der Waals surface area contributed by atoms with Crippen molar-refractivity contribution in [2.45, 2.75) is 18.2 Å². The van der Waals surface area contributed by atoms with Crippen LogP contribution in [-0.4, -0.2) is 25.9 Å². The lowest BCUT2D eigenvalue weighted by atomic mass is 10.2. The second-order valence-corrected chi connectivity index (χ2v) is 8.37. The van der Waals surface area contributed by atoms with Gasteiger partial charge in [0.05, 0.1) is 11.5 Å². The molecule has 9 heteroatoms. The van der Waals surface area contributed by atoms with Crippen molar-refractivity contribution in [2.75, 3.05) is 16.6 Å². The van der Waals surface area contributed by atoms with E-state index in [1.165, 1.54) is 41.8 Å². The van der Waals surface area contributed by atoms with E-state index >= 15 is 0 Å². The molecular weight excluding hydrogens is 398 g/mol. The van der Waals surface area contributed by atoms with Gasteiger partial charge in [0.2, 0.25) is 0 Å². The minimum Gasteiger partial charge on any atom is -0.494 e. The van der Waals surface area contributed by atoms with Crippen molar-refractivity contribution < 1.29 is 17.9 Å². The summed E-state index contributed by atoms with van der Waals surface area (Å²) in [6.45, 7) is 2.59. The van der Waals surface area contributed by atoms with Gasteiger partial charge in [0.15, 0.2) is 5.13 Å². The van der Waals surface area contributed by atoms with E-state index in [0.29, 0.717) is 28.7 Å². The zero-order chi connectivity index (χ0) is 20.0. The number of aromatic nitrogens is 1. The average Bonchev–Trinajstić information content (AvgIpc) is 3.19. The molecule has 2 N–H and O–H groups in total. The number of hydrogen-bond acceptors (Lipinski definition) is 6. The summed E-state index contributed by atoms with van der Waals surface area (Å²) in [4.78, 5) is 16.4. The number of rotatable bonds is 8. The third kappa shape index (κ3) is 5.08. The summed E-state index contributed by atoms with van der Waals surface area (Å²) in [7, 11) is -3.73. The lowest BCUT2D eigenvalue weighted by Gasteiger charge is -2.09. The summed E-state index contributed by atoms with van der Waals surface area (Å²) < 4.78 is 32.6. The number of hydrogen-bond donors (Lipinski definition) is 2. The van der Waals surface area contributed by atoms with Crippen molar-refractivity contribution in [2.24, 2.45) is 0 Å². The van der Waals surface area contributed by atoms with Gasteiger partial charge in [-0.25, -0.2) is 13.4 Å². The normalized spacial score (nSPS) is 11.0. The number of thiazole rings is 1. The number of benzene rings is 2. The van der Waals surface area contributed by atoms with Gasteiger partial charge in [-0.15, -0.1) is 11.3 Å². The summed E-state index contributed by atoms with van der Waals surface area (Å²) in [6.07, 6.45) is 2.40. The van der Waals surface area contributed by atoms with Gasteiger partial charge < -0.3 is 10.1 Å². The van der Waals surface area contributed by atoms with Gasteiger partial charge in [0.25, 0.3) is 15.9 Å². The molecule has 0 bridgehead atoms. The third-order valence-electron chi connectivity index (χ3n) is 3.65. The van der Waals surface area contributed by atoms with Gasteiger partial charge in [-0.1, -0.05) is 13.0 Å². The second-order valence-electron chi connectivity index (χ2n) is 5.80. The Morgan fingerprint density at radius 1 is 1.18 bits per heavy atom. The first-order valence-corrected chi connectivity index (χ1v) is 10.9. The number of sulfonamides is 1. The predicted octanol–water partition coefficient (Wildman–Crippen LogP) is 3.99. The maximum Gasteiger partial charge on any atom is 0.263 e. The summed E-state index contributed by atoms with van der Waals surface area (Å²) in [6, 6.07) is 12.8. The fourth-order valence-electron chi connectivity index (χ4n) is 2.32. The summed E-state index contributed by atoms with van der Waals surface area (Å²) in [5.74, 6) is 0.322. The first-order valence-electron chi connectivity index (χ1n) is 8.54. The molecule has 0 saturated heterocycles. The Labute approximate surface area is 167 Å². The van der Waals surface area contributed by atoms with E-state index in [4.69, 9.17) is 4.74 Å². The van der Waals surface area contributed by atoms with Crippen LogP contribution in [0, 0.1) is 0 Å². The molecule has 1 amide bonds. The highest BCUT2D eigenvalue weighted by atomic mass is 32.2. The molecule has 0 fully saturated rings. The van der Waals surface area contributed by atoms with Crippen LogP contribution in [-0.2, 0) is 10.0 Å². The quantitative estimate of drug-likeness (QED) is 0.578. The Hall–Kier alpha value is -2.91. The van der Waals surface area contributed by atoms with E-state index in [2.05, 4.69) is 15.0 Å². The van der Waals surface area contributed by atoms with E-state index < -0.39 is 10.0 Å². The molecule has 2 aromatic carbocycles. The lowest BCUT2D eigenvalue weighted by molar-refractivity contribution is 0.102. The molecule has 146 valence electrons. The third-order valence-corrected chi connectivity index (χ3v) is 5.82. The number of amides is 1. The van der Waals surface area contributed by atoms with Crippen LogP contribution in [0.2, 0.25) is 0 Å². The molecule has 0 unspecified atom stereocenters. The highest BCUT2D eigenvalue weighted by Crippen LogP contribution is 2.20.